The topological polar surface area (TPSA) is 82.7 Å². The molecular weight excluding hydrogens is 256 g/mol. The van der Waals surface area contributed by atoms with E-state index in [2.05, 4.69) is 20.8 Å². The van der Waals surface area contributed by atoms with Gasteiger partial charge in [-0.1, -0.05) is 18.0 Å². The molecule has 20 heavy (non-hydrogen) atoms. The van der Waals surface area contributed by atoms with E-state index in [-0.39, 0.29) is 0 Å². The van der Waals surface area contributed by atoms with Crippen LogP contribution < -0.4 is 10.6 Å². The van der Waals surface area contributed by atoms with E-state index < -0.39 is 5.60 Å². The summed E-state index contributed by atoms with van der Waals surface area (Å²) in [6.45, 7) is 4.97. The van der Waals surface area contributed by atoms with Crippen LogP contribution >= 0.6 is 0 Å². The number of nitrogens with zero attached hydrogens (tertiary/aromatic N) is 2. The molecule has 0 spiro atoms. The summed E-state index contributed by atoms with van der Waals surface area (Å²) in [4.78, 5) is 4.17. The Hall–Kier alpha value is -1.56. The number of hydrogen-bond donors (Lipinski definition) is 3. The quantitative estimate of drug-likeness (QED) is 0.571. The van der Waals surface area contributed by atoms with E-state index in [9.17, 15) is 5.11 Å². The summed E-state index contributed by atoms with van der Waals surface area (Å²) in [7, 11) is 1.72. The molecule has 1 aromatic heterocycles. The fraction of sp³-hybridized carbons (Fsp3) is 0.714. The van der Waals surface area contributed by atoms with Gasteiger partial charge in [0.2, 0.25) is 0 Å². The van der Waals surface area contributed by atoms with Crippen LogP contribution in [0.25, 0.3) is 0 Å². The lowest BCUT2D eigenvalue weighted by molar-refractivity contribution is 0.0522. The van der Waals surface area contributed by atoms with Crippen molar-refractivity contribution in [2.75, 3.05) is 13.6 Å². The van der Waals surface area contributed by atoms with Gasteiger partial charge in [0.1, 0.15) is 5.76 Å². The van der Waals surface area contributed by atoms with E-state index in [1.807, 2.05) is 13.8 Å². The minimum absolute atomic E-state index is 0.536. The summed E-state index contributed by atoms with van der Waals surface area (Å²) in [5, 5.41) is 20.6. The standard InChI is InChI=1S/C14H24N4O2/c1-10-12(11(2)20-18-10)8-16-13(15-3)17-9-14(19)6-4-5-7-14/h19H,4-9H2,1-3H3,(H2,15,16,17). The lowest BCUT2D eigenvalue weighted by Gasteiger charge is -2.23. The van der Waals surface area contributed by atoms with Crippen LogP contribution in [0.4, 0.5) is 0 Å². The van der Waals surface area contributed by atoms with Gasteiger partial charge in [-0.3, -0.25) is 4.99 Å². The van der Waals surface area contributed by atoms with Crippen molar-refractivity contribution in [3.63, 3.8) is 0 Å². The summed E-state index contributed by atoms with van der Waals surface area (Å²) >= 11 is 0. The van der Waals surface area contributed by atoms with Gasteiger partial charge in [0, 0.05) is 25.7 Å². The zero-order valence-corrected chi connectivity index (χ0v) is 12.5. The maximum Gasteiger partial charge on any atom is 0.191 e. The Morgan fingerprint density at radius 3 is 2.60 bits per heavy atom. The fourth-order valence-electron chi connectivity index (χ4n) is 2.61. The second-order valence-corrected chi connectivity index (χ2v) is 5.51. The number of aryl methyl sites for hydroxylation is 2. The number of nitrogens with one attached hydrogen (secondary N) is 2. The summed E-state index contributed by atoms with van der Waals surface area (Å²) in [6, 6.07) is 0. The summed E-state index contributed by atoms with van der Waals surface area (Å²) < 4.78 is 5.13. The lowest BCUT2D eigenvalue weighted by Crippen LogP contribution is -2.45. The van der Waals surface area contributed by atoms with Gasteiger partial charge >= 0.3 is 0 Å². The molecule has 1 aliphatic rings. The highest BCUT2D eigenvalue weighted by molar-refractivity contribution is 5.79. The molecule has 1 saturated carbocycles. The van der Waals surface area contributed by atoms with Crippen molar-refractivity contribution in [1.29, 1.82) is 0 Å². The number of aliphatic hydroxyl groups is 1. The molecule has 0 bridgehead atoms. The highest BCUT2D eigenvalue weighted by atomic mass is 16.5. The molecule has 112 valence electrons. The lowest BCUT2D eigenvalue weighted by atomic mass is 10.0. The Bertz CT molecular complexity index is 456. The van der Waals surface area contributed by atoms with E-state index in [1.54, 1.807) is 7.05 Å². The van der Waals surface area contributed by atoms with E-state index in [0.717, 1.165) is 42.7 Å². The highest BCUT2D eigenvalue weighted by Crippen LogP contribution is 2.28. The van der Waals surface area contributed by atoms with Crippen molar-refractivity contribution in [2.24, 2.45) is 4.99 Å². The minimum Gasteiger partial charge on any atom is -0.388 e. The van der Waals surface area contributed by atoms with Gasteiger partial charge in [0.25, 0.3) is 0 Å². The summed E-state index contributed by atoms with van der Waals surface area (Å²) in [6.07, 6.45) is 3.92. The Balaban J connectivity index is 1.84. The number of aromatic nitrogens is 1. The minimum atomic E-state index is -0.583. The van der Waals surface area contributed by atoms with Gasteiger partial charge in [-0.2, -0.15) is 0 Å². The molecule has 0 amide bonds. The molecule has 3 N–H and O–H groups in total. The largest absolute Gasteiger partial charge is 0.388 e. The van der Waals surface area contributed by atoms with Gasteiger partial charge in [0.15, 0.2) is 5.96 Å². The smallest absolute Gasteiger partial charge is 0.191 e. The van der Waals surface area contributed by atoms with Crippen LogP contribution in [0.5, 0.6) is 0 Å². The molecule has 0 saturated heterocycles. The Morgan fingerprint density at radius 2 is 2.05 bits per heavy atom. The van der Waals surface area contributed by atoms with Crippen LogP contribution in [0.1, 0.15) is 42.7 Å². The Labute approximate surface area is 119 Å². The van der Waals surface area contributed by atoms with E-state index in [0.29, 0.717) is 19.0 Å². The fourth-order valence-corrected chi connectivity index (χ4v) is 2.61. The van der Waals surface area contributed by atoms with E-state index >= 15 is 0 Å². The average Bonchev–Trinajstić information content (AvgIpc) is 2.99. The van der Waals surface area contributed by atoms with Gasteiger partial charge in [-0.15, -0.1) is 0 Å². The molecule has 1 heterocycles. The first-order valence-corrected chi connectivity index (χ1v) is 7.13. The van der Waals surface area contributed by atoms with Crippen molar-refractivity contribution in [1.82, 2.24) is 15.8 Å². The second-order valence-electron chi connectivity index (χ2n) is 5.51. The van der Waals surface area contributed by atoms with Crippen molar-refractivity contribution < 1.29 is 9.63 Å². The third kappa shape index (κ3) is 3.50. The molecule has 6 nitrogen and oxygen atoms in total. The zero-order valence-electron chi connectivity index (χ0n) is 12.5. The molecule has 0 radical (unpaired) electrons. The molecule has 6 heteroatoms. The molecule has 0 unspecified atom stereocenters. The van der Waals surface area contributed by atoms with Crippen LogP contribution in [0.15, 0.2) is 9.52 Å². The maximum atomic E-state index is 10.3. The van der Waals surface area contributed by atoms with Crippen LogP contribution in [0.3, 0.4) is 0 Å². The van der Waals surface area contributed by atoms with E-state index in [4.69, 9.17) is 4.52 Å². The molecule has 1 fully saturated rings. The monoisotopic (exact) mass is 280 g/mol. The summed E-state index contributed by atoms with van der Waals surface area (Å²) in [5.41, 5.74) is 1.35. The second kappa shape index (κ2) is 6.26. The van der Waals surface area contributed by atoms with Gasteiger partial charge in [-0.05, 0) is 26.7 Å². The molecule has 0 aromatic carbocycles. The Kier molecular flexibility index (Phi) is 4.65. The van der Waals surface area contributed by atoms with Crippen molar-refractivity contribution >= 4 is 5.96 Å². The third-order valence-corrected chi connectivity index (χ3v) is 3.96. The third-order valence-electron chi connectivity index (χ3n) is 3.96. The Morgan fingerprint density at radius 1 is 1.35 bits per heavy atom. The first-order valence-electron chi connectivity index (χ1n) is 7.13. The molecular formula is C14H24N4O2. The van der Waals surface area contributed by atoms with Crippen molar-refractivity contribution in [3.05, 3.63) is 17.0 Å². The van der Waals surface area contributed by atoms with Crippen LogP contribution in [-0.4, -0.2) is 35.4 Å². The number of aliphatic imine (C=N–C) groups is 1. The predicted molar refractivity (Wildman–Crippen MR) is 77.6 cm³/mol. The van der Waals surface area contributed by atoms with Gasteiger partial charge < -0.3 is 20.3 Å². The van der Waals surface area contributed by atoms with E-state index in [1.165, 1.54) is 0 Å². The van der Waals surface area contributed by atoms with Gasteiger partial charge in [-0.25, -0.2) is 0 Å². The summed E-state index contributed by atoms with van der Waals surface area (Å²) in [5.74, 6) is 1.50. The number of guanidine groups is 1. The number of rotatable bonds is 4. The molecule has 2 rings (SSSR count). The molecule has 0 aliphatic heterocycles. The van der Waals surface area contributed by atoms with Gasteiger partial charge in [0.05, 0.1) is 11.3 Å². The predicted octanol–water partition coefficient (Wildman–Crippen LogP) is 1.26. The first kappa shape index (κ1) is 14.8. The first-order chi connectivity index (χ1) is 9.54. The SMILES string of the molecule is CN=C(NCc1c(C)noc1C)NCC1(O)CCCC1. The zero-order chi connectivity index (χ0) is 14.6. The molecule has 1 aromatic rings. The maximum absolute atomic E-state index is 10.3. The molecule has 0 atom stereocenters. The normalized spacial score (nSPS) is 18.3. The highest BCUT2D eigenvalue weighted by Gasteiger charge is 2.30. The van der Waals surface area contributed by atoms with Crippen LogP contribution in [0.2, 0.25) is 0 Å². The van der Waals surface area contributed by atoms with Crippen molar-refractivity contribution in [2.45, 2.75) is 51.7 Å². The van der Waals surface area contributed by atoms with Crippen LogP contribution in [0, 0.1) is 13.8 Å². The molecule has 1 aliphatic carbocycles. The average molecular weight is 280 g/mol. The van der Waals surface area contributed by atoms with Crippen molar-refractivity contribution in [3.8, 4) is 0 Å². The van der Waals surface area contributed by atoms with Crippen LogP contribution in [-0.2, 0) is 6.54 Å². The number of hydrogen-bond acceptors (Lipinski definition) is 4.